The van der Waals surface area contributed by atoms with Crippen molar-refractivity contribution >= 4 is 28.6 Å². The molecule has 1 saturated heterocycles. The van der Waals surface area contributed by atoms with Crippen molar-refractivity contribution in [3.63, 3.8) is 0 Å². The molecule has 0 aromatic heterocycles. The van der Waals surface area contributed by atoms with Crippen LogP contribution in [0.5, 0.6) is 0 Å². The van der Waals surface area contributed by atoms with Gasteiger partial charge in [0.25, 0.3) is 0 Å². The van der Waals surface area contributed by atoms with Crippen molar-refractivity contribution in [1.82, 2.24) is 0 Å². The Morgan fingerprint density at radius 1 is 0.852 bits per heavy atom. The van der Waals surface area contributed by atoms with Crippen molar-refractivity contribution in [3.8, 4) is 0 Å². The van der Waals surface area contributed by atoms with Gasteiger partial charge in [-0.15, -0.1) is 0 Å². The van der Waals surface area contributed by atoms with Gasteiger partial charge in [-0.3, -0.25) is 0 Å². The van der Waals surface area contributed by atoms with Gasteiger partial charge in [0.2, 0.25) is 0 Å². The van der Waals surface area contributed by atoms with Crippen LogP contribution in [0.1, 0.15) is 6.42 Å². The van der Waals surface area contributed by atoms with E-state index in [2.05, 4.69) is 88.9 Å². The van der Waals surface area contributed by atoms with Gasteiger partial charge in [-0.2, -0.15) is 0 Å². The fraction of sp³-hybridized carbons (Fsp3) is 0.174. The van der Waals surface area contributed by atoms with Crippen LogP contribution in [0.25, 0.3) is 0 Å². The number of nitrogens with zero attached hydrogens (tertiary/aromatic N) is 3. The molecule has 4 heteroatoms. The summed E-state index contributed by atoms with van der Waals surface area (Å²) in [4.78, 5) is 9.75. The number of fused-ring (bicyclic) bond motifs is 2. The first-order valence-electron chi connectivity index (χ1n) is 9.36. The maximum atomic E-state index is 5.01. The number of hydrogen-bond acceptors (Lipinski definition) is 3. The van der Waals surface area contributed by atoms with Gasteiger partial charge in [-0.25, -0.2) is 4.99 Å². The zero-order valence-electron chi connectivity index (χ0n) is 15.3. The Kier molecular flexibility index (Phi) is 3.82. The van der Waals surface area contributed by atoms with Gasteiger partial charge >= 0.3 is 0 Å². The predicted octanol–water partition coefficient (Wildman–Crippen LogP) is 4.88. The van der Waals surface area contributed by atoms with Crippen molar-refractivity contribution in [1.29, 1.82) is 0 Å². The van der Waals surface area contributed by atoms with Crippen molar-refractivity contribution in [2.24, 2.45) is 4.99 Å². The standard InChI is InChI=1S/C23H22N4/c1-26-20-15-9-8-14-19(20)25-23-21(26)16-22(24-17-10-4-2-5-11-17)27(23)18-12-6-3-7-13-18/h2-15,21,23,25H,16H2,1H3. The molecule has 3 aromatic carbocycles. The summed E-state index contributed by atoms with van der Waals surface area (Å²) in [5.41, 5.74) is 4.57. The molecular formula is C23H22N4. The van der Waals surface area contributed by atoms with Crippen LogP contribution in [-0.4, -0.2) is 25.1 Å². The summed E-state index contributed by atoms with van der Waals surface area (Å²) in [6.07, 6.45) is 1.04. The molecule has 2 heterocycles. The first-order chi connectivity index (χ1) is 13.3. The molecule has 2 aliphatic rings. The van der Waals surface area contributed by atoms with Crippen LogP contribution in [0, 0.1) is 0 Å². The first-order valence-corrected chi connectivity index (χ1v) is 9.36. The van der Waals surface area contributed by atoms with E-state index in [0.29, 0.717) is 6.04 Å². The topological polar surface area (TPSA) is 30.9 Å². The van der Waals surface area contributed by atoms with E-state index in [1.807, 2.05) is 18.2 Å². The summed E-state index contributed by atoms with van der Waals surface area (Å²) in [5, 5.41) is 3.76. The van der Waals surface area contributed by atoms with Crippen molar-refractivity contribution in [2.75, 3.05) is 22.2 Å². The van der Waals surface area contributed by atoms with Crippen LogP contribution in [0.4, 0.5) is 22.7 Å². The number of aliphatic imine (C=N–C) groups is 1. The monoisotopic (exact) mass is 354 g/mol. The molecule has 0 radical (unpaired) electrons. The number of amidine groups is 1. The quantitative estimate of drug-likeness (QED) is 0.711. The minimum absolute atomic E-state index is 0.148. The zero-order chi connectivity index (χ0) is 18.2. The third-order valence-corrected chi connectivity index (χ3v) is 5.45. The highest BCUT2D eigenvalue weighted by Gasteiger charge is 2.44. The molecular weight excluding hydrogens is 332 g/mol. The second kappa shape index (κ2) is 6.47. The molecule has 2 aliphatic heterocycles. The number of benzene rings is 3. The largest absolute Gasteiger partial charge is 0.365 e. The SMILES string of the molecule is CN1c2ccccc2NC2C1CC(=Nc1ccccc1)N2c1ccccc1. The molecule has 0 aliphatic carbocycles. The molecule has 2 unspecified atom stereocenters. The molecule has 134 valence electrons. The van der Waals surface area contributed by atoms with E-state index in [1.165, 1.54) is 17.1 Å². The predicted molar refractivity (Wildman–Crippen MR) is 113 cm³/mol. The van der Waals surface area contributed by atoms with Gasteiger partial charge in [0.1, 0.15) is 12.0 Å². The van der Waals surface area contributed by atoms with Gasteiger partial charge in [0.15, 0.2) is 0 Å². The highest BCUT2D eigenvalue weighted by atomic mass is 15.4. The summed E-state index contributed by atoms with van der Waals surface area (Å²) < 4.78 is 0. The fourth-order valence-electron chi connectivity index (χ4n) is 4.13. The Labute approximate surface area is 159 Å². The number of nitrogens with one attached hydrogen (secondary N) is 1. The lowest BCUT2D eigenvalue weighted by atomic mass is 10.1. The molecule has 0 saturated carbocycles. The smallest absolute Gasteiger partial charge is 0.126 e. The average molecular weight is 354 g/mol. The Bertz CT molecular complexity index is 968. The van der Waals surface area contributed by atoms with Crippen LogP contribution < -0.4 is 15.1 Å². The minimum Gasteiger partial charge on any atom is -0.365 e. The Balaban J connectivity index is 1.61. The normalized spacial score (nSPS) is 22.3. The average Bonchev–Trinajstić information content (AvgIpc) is 3.08. The number of hydrogen-bond donors (Lipinski definition) is 1. The van der Waals surface area contributed by atoms with Crippen molar-refractivity contribution in [3.05, 3.63) is 84.9 Å². The first kappa shape index (κ1) is 15.9. The summed E-state index contributed by atoms with van der Waals surface area (Å²) in [6, 6.07) is 29.6. The van der Waals surface area contributed by atoms with Crippen LogP contribution in [-0.2, 0) is 0 Å². The molecule has 2 atom stereocenters. The molecule has 0 spiro atoms. The third-order valence-electron chi connectivity index (χ3n) is 5.45. The number of anilines is 3. The summed E-state index contributed by atoms with van der Waals surface area (Å²) in [6.45, 7) is 0. The van der Waals surface area contributed by atoms with E-state index in [4.69, 9.17) is 4.99 Å². The van der Waals surface area contributed by atoms with Gasteiger partial charge in [-0.1, -0.05) is 48.5 Å². The van der Waals surface area contributed by atoms with Crippen LogP contribution >= 0.6 is 0 Å². The highest BCUT2D eigenvalue weighted by Crippen LogP contribution is 2.40. The van der Waals surface area contributed by atoms with Crippen LogP contribution in [0.3, 0.4) is 0 Å². The molecule has 0 amide bonds. The molecule has 1 N–H and O–H groups in total. The number of likely N-dealkylation sites (N-methyl/N-ethyl adjacent to an activating group) is 1. The van der Waals surface area contributed by atoms with Crippen molar-refractivity contribution in [2.45, 2.75) is 18.6 Å². The number of rotatable bonds is 2. The van der Waals surface area contributed by atoms with E-state index in [9.17, 15) is 0 Å². The lowest BCUT2D eigenvalue weighted by Crippen LogP contribution is -2.52. The Hall–Kier alpha value is -3.27. The zero-order valence-corrected chi connectivity index (χ0v) is 15.3. The van der Waals surface area contributed by atoms with E-state index >= 15 is 0 Å². The third kappa shape index (κ3) is 2.74. The molecule has 0 bridgehead atoms. The highest BCUT2D eigenvalue weighted by molar-refractivity contribution is 6.04. The van der Waals surface area contributed by atoms with Crippen LogP contribution in [0.2, 0.25) is 0 Å². The lowest BCUT2D eigenvalue weighted by molar-refractivity contribution is 0.585. The van der Waals surface area contributed by atoms with Gasteiger partial charge in [0.05, 0.1) is 23.1 Å². The van der Waals surface area contributed by atoms with Crippen LogP contribution in [0.15, 0.2) is 89.9 Å². The molecule has 4 nitrogen and oxygen atoms in total. The van der Waals surface area contributed by atoms with Crippen molar-refractivity contribution < 1.29 is 0 Å². The van der Waals surface area contributed by atoms with E-state index in [-0.39, 0.29) is 6.17 Å². The molecule has 3 aromatic rings. The Morgan fingerprint density at radius 2 is 1.52 bits per heavy atom. The molecule has 1 fully saturated rings. The van der Waals surface area contributed by atoms with E-state index in [1.54, 1.807) is 0 Å². The lowest BCUT2D eigenvalue weighted by Gasteiger charge is -2.41. The maximum Gasteiger partial charge on any atom is 0.126 e. The second-order valence-electron chi connectivity index (χ2n) is 7.06. The van der Waals surface area contributed by atoms with E-state index in [0.717, 1.165) is 17.9 Å². The Morgan fingerprint density at radius 3 is 2.30 bits per heavy atom. The molecule has 5 rings (SSSR count). The second-order valence-corrected chi connectivity index (χ2v) is 7.06. The number of para-hydroxylation sites is 4. The van der Waals surface area contributed by atoms with Gasteiger partial charge < -0.3 is 15.1 Å². The van der Waals surface area contributed by atoms with Gasteiger partial charge in [0, 0.05) is 19.2 Å². The molecule has 27 heavy (non-hydrogen) atoms. The van der Waals surface area contributed by atoms with Gasteiger partial charge in [-0.05, 0) is 36.4 Å². The summed E-state index contributed by atoms with van der Waals surface area (Å²) in [5.74, 6) is 1.09. The maximum absolute atomic E-state index is 5.01. The van der Waals surface area contributed by atoms with E-state index < -0.39 is 0 Å². The summed E-state index contributed by atoms with van der Waals surface area (Å²) in [7, 11) is 2.19. The fourth-order valence-corrected chi connectivity index (χ4v) is 4.13. The minimum atomic E-state index is 0.148. The summed E-state index contributed by atoms with van der Waals surface area (Å²) >= 11 is 0.